The van der Waals surface area contributed by atoms with Crippen LogP contribution < -0.4 is 5.32 Å². The molecule has 10 heteroatoms. The summed E-state index contributed by atoms with van der Waals surface area (Å²) in [5.41, 5.74) is 2.13. The number of amides is 2. The van der Waals surface area contributed by atoms with Gasteiger partial charge in [0.15, 0.2) is 0 Å². The van der Waals surface area contributed by atoms with Gasteiger partial charge in [-0.2, -0.15) is 0 Å². The Morgan fingerprint density at radius 2 is 1.87 bits per heavy atom. The molecular formula is C28H36FN3O5S. The number of hydrogen-bond donors (Lipinski definition) is 2. The van der Waals surface area contributed by atoms with Crippen LogP contribution in [0, 0.1) is 10.6 Å². The minimum Gasteiger partial charge on any atom is -0.444 e. The van der Waals surface area contributed by atoms with Gasteiger partial charge in [0.05, 0.1) is 33.7 Å². The van der Waals surface area contributed by atoms with Crippen molar-refractivity contribution in [1.29, 1.82) is 4.78 Å². The molecule has 2 aliphatic rings. The molecule has 2 heterocycles. The van der Waals surface area contributed by atoms with Crippen LogP contribution in [-0.2, 0) is 30.4 Å². The summed E-state index contributed by atoms with van der Waals surface area (Å²) in [5, 5.41) is 1.99. The highest BCUT2D eigenvalue weighted by Gasteiger charge is 2.44. The number of carbonyl (C=O) groups excluding carboxylic acids is 2. The summed E-state index contributed by atoms with van der Waals surface area (Å²) in [6.07, 6.45) is -0.882. The molecule has 2 N–H and O–H groups in total. The predicted octanol–water partition coefficient (Wildman–Crippen LogP) is 4.42. The Balaban J connectivity index is 1.62. The lowest BCUT2D eigenvalue weighted by atomic mass is 9.87. The highest BCUT2D eigenvalue weighted by molar-refractivity contribution is 7.93. The van der Waals surface area contributed by atoms with E-state index in [2.05, 4.69) is 5.32 Å². The van der Waals surface area contributed by atoms with Crippen LogP contribution in [0.25, 0.3) is 0 Å². The number of nitrogens with zero attached hydrogens (tertiary/aromatic N) is 1. The van der Waals surface area contributed by atoms with E-state index in [-0.39, 0.29) is 30.5 Å². The first-order valence-corrected chi connectivity index (χ1v) is 14.7. The summed E-state index contributed by atoms with van der Waals surface area (Å²) < 4.78 is 46.5. The van der Waals surface area contributed by atoms with Crippen LogP contribution in [0.1, 0.15) is 56.8 Å². The number of alkyl carbamates (subject to hydrolysis) is 1. The van der Waals surface area contributed by atoms with Gasteiger partial charge in [-0.15, -0.1) is 0 Å². The van der Waals surface area contributed by atoms with Crippen molar-refractivity contribution in [3.8, 4) is 0 Å². The largest absolute Gasteiger partial charge is 0.444 e. The second-order valence-electron chi connectivity index (χ2n) is 10.8. The van der Waals surface area contributed by atoms with Gasteiger partial charge in [-0.05, 0) is 56.0 Å². The van der Waals surface area contributed by atoms with Gasteiger partial charge in [0.1, 0.15) is 17.5 Å². The highest BCUT2D eigenvalue weighted by Crippen LogP contribution is 2.37. The molecule has 0 radical (unpaired) electrons. The standard InChI is InChI=1S/C28H36FN3O5S/c1-5-38(30,35)24-17-36-23(16-22(24)31-27(34)37-28(2,3)4)26(33)32-15-14-18-8-6-7-9-21(18)25(32)19-10-12-20(29)13-11-19/h6-13,22-25,30H,5,14-17H2,1-4H3,(H,31,34)/t22-,23+,24-,25-,38+/m0/s1. The molecule has 1 saturated heterocycles. The molecular weight excluding hydrogens is 509 g/mol. The predicted molar refractivity (Wildman–Crippen MR) is 143 cm³/mol. The van der Waals surface area contributed by atoms with Gasteiger partial charge in [-0.1, -0.05) is 43.3 Å². The first-order valence-electron chi connectivity index (χ1n) is 12.9. The summed E-state index contributed by atoms with van der Waals surface area (Å²) in [7, 11) is -3.09. The Hall–Kier alpha value is -2.98. The molecule has 2 aromatic rings. The first-order chi connectivity index (χ1) is 17.9. The maximum absolute atomic E-state index is 14.0. The van der Waals surface area contributed by atoms with E-state index >= 15 is 0 Å². The van der Waals surface area contributed by atoms with E-state index in [0.29, 0.717) is 13.0 Å². The van der Waals surface area contributed by atoms with Gasteiger partial charge < -0.3 is 19.7 Å². The van der Waals surface area contributed by atoms with E-state index in [1.165, 1.54) is 12.1 Å². The molecule has 8 nitrogen and oxygen atoms in total. The summed E-state index contributed by atoms with van der Waals surface area (Å²) >= 11 is 0. The molecule has 0 aromatic heterocycles. The lowest BCUT2D eigenvalue weighted by Gasteiger charge is -2.42. The molecule has 2 amide bonds. The van der Waals surface area contributed by atoms with Gasteiger partial charge >= 0.3 is 6.09 Å². The van der Waals surface area contributed by atoms with Crippen LogP contribution >= 0.6 is 0 Å². The van der Waals surface area contributed by atoms with Crippen LogP contribution in [0.4, 0.5) is 9.18 Å². The van der Waals surface area contributed by atoms with Crippen LogP contribution in [0.15, 0.2) is 48.5 Å². The van der Waals surface area contributed by atoms with E-state index in [1.807, 2.05) is 24.3 Å². The highest BCUT2D eigenvalue weighted by atomic mass is 32.2. The van der Waals surface area contributed by atoms with Crippen molar-refractivity contribution in [2.75, 3.05) is 18.9 Å². The number of rotatable bonds is 5. The third-order valence-corrected chi connectivity index (χ3v) is 9.33. The van der Waals surface area contributed by atoms with Crippen molar-refractivity contribution < 1.29 is 27.7 Å². The Bertz CT molecular complexity index is 1280. The molecule has 2 aliphatic heterocycles. The summed E-state index contributed by atoms with van der Waals surface area (Å²) in [6, 6.07) is 12.9. The smallest absolute Gasteiger partial charge is 0.407 e. The molecule has 38 heavy (non-hydrogen) atoms. The summed E-state index contributed by atoms with van der Waals surface area (Å²) in [5.74, 6) is -0.526. The molecule has 0 spiro atoms. The van der Waals surface area contributed by atoms with Crippen molar-refractivity contribution in [2.45, 2.75) is 69.6 Å². The fraction of sp³-hybridized carbons (Fsp3) is 0.500. The molecule has 5 atom stereocenters. The number of nitrogens with one attached hydrogen (secondary N) is 2. The van der Waals surface area contributed by atoms with Gasteiger partial charge in [0.25, 0.3) is 5.91 Å². The number of carbonyl (C=O) groups is 2. The third kappa shape index (κ3) is 6.18. The third-order valence-electron chi connectivity index (χ3n) is 7.03. The number of benzene rings is 2. The Morgan fingerprint density at radius 3 is 2.53 bits per heavy atom. The zero-order valence-electron chi connectivity index (χ0n) is 22.2. The second kappa shape index (κ2) is 11.0. The Kier molecular flexibility index (Phi) is 8.13. The molecule has 0 unspecified atom stereocenters. The van der Waals surface area contributed by atoms with E-state index in [4.69, 9.17) is 14.3 Å². The van der Waals surface area contributed by atoms with E-state index in [9.17, 15) is 18.2 Å². The number of fused-ring (bicyclic) bond motifs is 1. The van der Waals surface area contributed by atoms with Crippen molar-refractivity contribution in [1.82, 2.24) is 10.2 Å². The summed E-state index contributed by atoms with van der Waals surface area (Å²) in [4.78, 5) is 28.3. The number of hydrogen-bond acceptors (Lipinski definition) is 6. The lowest BCUT2D eigenvalue weighted by molar-refractivity contribution is -0.149. The van der Waals surface area contributed by atoms with Crippen molar-refractivity contribution in [3.05, 3.63) is 71.0 Å². The fourth-order valence-electron chi connectivity index (χ4n) is 5.14. The SMILES string of the molecule is CC[S@@](=N)(=O)[C@H]1CO[C@@H](C(=O)N2CCc3ccccc3[C@@H]2c2ccc(F)cc2)C[C@@H]1NC(=O)OC(C)(C)C. The van der Waals surface area contributed by atoms with Crippen molar-refractivity contribution in [3.63, 3.8) is 0 Å². The van der Waals surface area contributed by atoms with E-state index in [1.54, 1.807) is 44.7 Å². The van der Waals surface area contributed by atoms with E-state index < -0.39 is 44.9 Å². The second-order valence-corrected chi connectivity index (χ2v) is 13.4. The maximum atomic E-state index is 14.0. The van der Waals surface area contributed by atoms with Gasteiger partial charge in [-0.3, -0.25) is 9.57 Å². The van der Waals surface area contributed by atoms with Gasteiger partial charge in [-0.25, -0.2) is 13.4 Å². The van der Waals surface area contributed by atoms with Crippen LogP contribution in [0.5, 0.6) is 0 Å². The average Bonchev–Trinajstić information content (AvgIpc) is 2.87. The van der Waals surface area contributed by atoms with E-state index in [0.717, 1.165) is 16.7 Å². The minimum absolute atomic E-state index is 0.0624. The quantitative estimate of drug-likeness (QED) is 0.578. The zero-order chi connectivity index (χ0) is 27.7. The number of halogens is 1. The first kappa shape index (κ1) is 28.0. The van der Waals surface area contributed by atoms with Crippen LogP contribution in [0.3, 0.4) is 0 Å². The molecule has 2 aromatic carbocycles. The fourth-order valence-corrected chi connectivity index (χ4v) is 6.58. The Labute approximate surface area is 223 Å². The number of ether oxygens (including phenoxy) is 2. The van der Waals surface area contributed by atoms with Crippen LogP contribution in [-0.4, -0.2) is 63.0 Å². The molecule has 0 bridgehead atoms. The lowest BCUT2D eigenvalue weighted by Crippen LogP contribution is -2.58. The Morgan fingerprint density at radius 1 is 1.18 bits per heavy atom. The normalized spacial score (nSPS) is 25.1. The van der Waals surface area contributed by atoms with Crippen LogP contribution in [0.2, 0.25) is 0 Å². The molecule has 1 fully saturated rings. The molecule has 0 aliphatic carbocycles. The molecule has 0 saturated carbocycles. The zero-order valence-corrected chi connectivity index (χ0v) is 23.1. The monoisotopic (exact) mass is 545 g/mol. The summed E-state index contributed by atoms with van der Waals surface area (Å²) in [6.45, 7) is 7.22. The van der Waals surface area contributed by atoms with Crippen molar-refractivity contribution >= 4 is 21.7 Å². The maximum Gasteiger partial charge on any atom is 0.407 e. The molecule has 4 rings (SSSR count). The average molecular weight is 546 g/mol. The minimum atomic E-state index is -3.09. The van der Waals surface area contributed by atoms with Gasteiger partial charge in [0.2, 0.25) is 0 Å². The topological polar surface area (TPSA) is 109 Å². The van der Waals surface area contributed by atoms with Gasteiger partial charge in [0, 0.05) is 18.7 Å². The molecule has 206 valence electrons. The van der Waals surface area contributed by atoms with Crippen molar-refractivity contribution in [2.24, 2.45) is 0 Å².